The summed E-state index contributed by atoms with van der Waals surface area (Å²) in [4.78, 5) is 21.6. The van der Waals surface area contributed by atoms with E-state index in [1.165, 1.54) is 0 Å². The average molecular weight is 334 g/mol. The third-order valence-corrected chi connectivity index (χ3v) is 4.29. The molecule has 0 fully saturated rings. The monoisotopic (exact) mass is 334 g/mol. The summed E-state index contributed by atoms with van der Waals surface area (Å²) in [6, 6.07) is 0. The fourth-order valence-electron chi connectivity index (χ4n) is 1.21. The maximum absolute atomic E-state index is 12.2. The molecule has 0 aromatic heterocycles. The number of rotatable bonds is 13. The lowest BCUT2D eigenvalue weighted by Gasteiger charge is -2.16. The highest BCUT2D eigenvalue weighted by molar-refractivity contribution is 7.53. The van der Waals surface area contributed by atoms with E-state index in [-0.39, 0.29) is 32.6 Å². The molecule has 0 aliphatic carbocycles. The number of hydrogen-bond donors (Lipinski definition) is 0. The van der Waals surface area contributed by atoms with Gasteiger partial charge in [0.25, 0.3) is 0 Å². The van der Waals surface area contributed by atoms with Gasteiger partial charge in [-0.3, -0.25) is 4.57 Å². The molecule has 22 heavy (non-hydrogen) atoms. The maximum atomic E-state index is 12.2. The van der Waals surface area contributed by atoms with Crippen LogP contribution in [0.15, 0.2) is 25.3 Å². The van der Waals surface area contributed by atoms with Crippen molar-refractivity contribution in [3.05, 3.63) is 25.3 Å². The number of esters is 2. The Hall–Kier alpha value is -1.43. The van der Waals surface area contributed by atoms with Gasteiger partial charge >= 0.3 is 19.5 Å². The molecule has 0 amide bonds. The summed E-state index contributed by atoms with van der Waals surface area (Å²) in [5.41, 5.74) is 0. The van der Waals surface area contributed by atoms with Crippen LogP contribution in [0.1, 0.15) is 19.8 Å². The zero-order valence-corrected chi connectivity index (χ0v) is 13.7. The van der Waals surface area contributed by atoms with Gasteiger partial charge in [-0.25, -0.2) is 9.59 Å². The fraction of sp³-hybridized carbons (Fsp3) is 0.571. The van der Waals surface area contributed by atoms with Crippen LogP contribution in [-0.2, 0) is 32.7 Å². The van der Waals surface area contributed by atoms with Crippen LogP contribution in [0, 0.1) is 0 Å². The van der Waals surface area contributed by atoms with Crippen molar-refractivity contribution < 1.29 is 32.7 Å². The predicted octanol–water partition coefficient (Wildman–Crippen LogP) is 2.47. The van der Waals surface area contributed by atoms with E-state index in [4.69, 9.17) is 18.5 Å². The summed E-state index contributed by atoms with van der Waals surface area (Å²) < 4.78 is 32.2. The van der Waals surface area contributed by atoms with Crippen molar-refractivity contribution in [3.8, 4) is 0 Å². The van der Waals surface area contributed by atoms with Crippen molar-refractivity contribution in [2.75, 3.05) is 32.6 Å². The fourth-order valence-corrected chi connectivity index (χ4v) is 2.46. The van der Waals surface area contributed by atoms with Gasteiger partial charge in [-0.2, -0.15) is 0 Å². The Morgan fingerprint density at radius 3 is 1.64 bits per heavy atom. The molecule has 8 heteroatoms. The largest absolute Gasteiger partial charge is 0.462 e. The van der Waals surface area contributed by atoms with Crippen molar-refractivity contribution in [1.82, 2.24) is 0 Å². The first-order valence-electron chi connectivity index (χ1n) is 6.94. The zero-order valence-electron chi connectivity index (χ0n) is 12.8. The molecule has 0 saturated carbocycles. The molecule has 0 heterocycles. The second-order valence-electron chi connectivity index (χ2n) is 4.04. The van der Waals surface area contributed by atoms with E-state index in [9.17, 15) is 14.2 Å². The van der Waals surface area contributed by atoms with Gasteiger partial charge in [-0.15, -0.1) is 0 Å². The molecule has 0 N–H and O–H groups in total. The average Bonchev–Trinajstić information content (AvgIpc) is 2.53. The van der Waals surface area contributed by atoms with Crippen LogP contribution in [0.25, 0.3) is 0 Å². The van der Waals surface area contributed by atoms with E-state index in [0.717, 1.165) is 12.2 Å². The van der Waals surface area contributed by atoms with E-state index < -0.39 is 19.5 Å². The normalized spacial score (nSPS) is 10.8. The zero-order chi connectivity index (χ0) is 16.8. The summed E-state index contributed by atoms with van der Waals surface area (Å²) in [6.45, 7) is 8.86. The lowest BCUT2D eigenvalue weighted by Crippen LogP contribution is -2.08. The van der Waals surface area contributed by atoms with Crippen LogP contribution in [-0.4, -0.2) is 44.5 Å². The van der Waals surface area contributed by atoms with Crippen molar-refractivity contribution in [2.45, 2.75) is 19.8 Å². The van der Waals surface area contributed by atoms with Gasteiger partial charge in [-0.05, 0) is 0 Å². The van der Waals surface area contributed by atoms with Crippen LogP contribution in [0.4, 0.5) is 0 Å². The molecule has 0 atom stereocenters. The van der Waals surface area contributed by atoms with E-state index in [0.29, 0.717) is 12.8 Å². The molecule has 0 rings (SSSR count). The molecule has 0 spiro atoms. The maximum Gasteiger partial charge on any atom is 0.330 e. The Morgan fingerprint density at radius 1 is 0.909 bits per heavy atom. The van der Waals surface area contributed by atoms with Crippen LogP contribution in [0.2, 0.25) is 0 Å². The van der Waals surface area contributed by atoms with Crippen molar-refractivity contribution >= 4 is 19.5 Å². The minimum absolute atomic E-state index is 0.154. The summed E-state index contributed by atoms with van der Waals surface area (Å²) in [7, 11) is -3.16. The molecule has 0 aliphatic heterocycles. The molecule has 0 aliphatic rings. The second-order valence-corrected chi connectivity index (χ2v) is 6.41. The number of carbonyl (C=O) groups is 2. The van der Waals surface area contributed by atoms with Crippen LogP contribution < -0.4 is 0 Å². The third-order valence-electron chi connectivity index (χ3n) is 2.36. The van der Waals surface area contributed by atoms with Gasteiger partial charge in [0, 0.05) is 31.2 Å². The quantitative estimate of drug-likeness (QED) is 0.221. The Labute approximate surface area is 130 Å². The first-order valence-corrected chi connectivity index (χ1v) is 8.66. The minimum Gasteiger partial charge on any atom is -0.462 e. The Morgan fingerprint density at radius 2 is 1.32 bits per heavy atom. The molecule has 0 unspecified atom stereocenters. The van der Waals surface area contributed by atoms with Gasteiger partial charge in [-0.1, -0.05) is 20.1 Å². The molecule has 0 bridgehead atoms. The Balaban J connectivity index is 3.82. The highest BCUT2D eigenvalue weighted by Crippen LogP contribution is 2.47. The van der Waals surface area contributed by atoms with Crippen molar-refractivity contribution in [3.63, 3.8) is 0 Å². The first-order chi connectivity index (χ1) is 10.5. The van der Waals surface area contributed by atoms with E-state index in [2.05, 4.69) is 13.2 Å². The van der Waals surface area contributed by atoms with Crippen molar-refractivity contribution in [2.24, 2.45) is 0 Å². The third kappa shape index (κ3) is 10.3. The second kappa shape index (κ2) is 12.1. The molecule has 0 saturated heterocycles. The molecular weight excluding hydrogens is 311 g/mol. The summed E-state index contributed by atoms with van der Waals surface area (Å²) in [5.74, 6) is -1.02. The van der Waals surface area contributed by atoms with E-state index >= 15 is 0 Å². The van der Waals surface area contributed by atoms with Gasteiger partial charge in [0.1, 0.15) is 0 Å². The van der Waals surface area contributed by atoms with Crippen LogP contribution >= 0.6 is 7.60 Å². The van der Waals surface area contributed by atoms with Gasteiger partial charge in [0.2, 0.25) is 0 Å². The first kappa shape index (κ1) is 20.6. The molecule has 0 aromatic rings. The highest BCUT2D eigenvalue weighted by atomic mass is 31.2. The van der Waals surface area contributed by atoms with Crippen LogP contribution in [0.3, 0.4) is 0 Å². The Bertz CT molecular complexity index is 385. The summed E-state index contributed by atoms with van der Waals surface area (Å²) in [6.07, 6.45) is 3.18. The number of carbonyl (C=O) groups excluding carboxylic acids is 2. The molecule has 126 valence electrons. The number of ether oxygens (including phenoxy) is 2. The summed E-state index contributed by atoms with van der Waals surface area (Å²) in [5, 5.41) is 0. The smallest absolute Gasteiger partial charge is 0.330 e. The van der Waals surface area contributed by atoms with Gasteiger partial charge in [0.05, 0.1) is 26.4 Å². The molecular formula is C14H23O7P. The molecule has 0 aromatic carbocycles. The lowest BCUT2D eigenvalue weighted by molar-refractivity contribution is -0.138. The highest BCUT2D eigenvalue weighted by Gasteiger charge is 2.21. The van der Waals surface area contributed by atoms with Crippen LogP contribution in [0.5, 0.6) is 0 Å². The SMILES string of the molecule is C=CC(=O)OCCCOP(=O)(CC)OCCCOC(=O)C=C. The Kier molecular flexibility index (Phi) is 11.4. The minimum atomic E-state index is -3.16. The standard InChI is InChI=1S/C14H23O7P/c1-4-13(15)18-9-7-11-20-22(17,6-3)21-12-8-10-19-14(16)5-2/h4-5H,1-2,6-12H2,3H3. The van der Waals surface area contributed by atoms with Gasteiger partial charge < -0.3 is 18.5 Å². The topological polar surface area (TPSA) is 88.1 Å². The predicted molar refractivity (Wildman–Crippen MR) is 81.6 cm³/mol. The van der Waals surface area contributed by atoms with Crippen molar-refractivity contribution in [1.29, 1.82) is 0 Å². The van der Waals surface area contributed by atoms with E-state index in [1.807, 2.05) is 0 Å². The molecule has 0 radical (unpaired) electrons. The van der Waals surface area contributed by atoms with E-state index in [1.54, 1.807) is 6.92 Å². The van der Waals surface area contributed by atoms with Gasteiger partial charge in [0.15, 0.2) is 0 Å². The lowest BCUT2D eigenvalue weighted by atomic mass is 10.5. The number of hydrogen-bond acceptors (Lipinski definition) is 7. The summed E-state index contributed by atoms with van der Waals surface area (Å²) >= 11 is 0. The molecule has 7 nitrogen and oxygen atoms in total.